The van der Waals surface area contributed by atoms with Gasteiger partial charge in [0.1, 0.15) is 11.6 Å². The van der Waals surface area contributed by atoms with Gasteiger partial charge in [0, 0.05) is 18.2 Å². The standard InChI is InChI=1S/C17H26N2O4/c1-16(2,3)23-15(22)19(6)13(14(20)21)17(4,5)11-7-9-12(18)10-8-11/h7-10,13H,18H2,1-6H3,(H,20,21)/t13-/m1/s1. The number of carbonyl (C=O) groups is 2. The largest absolute Gasteiger partial charge is 0.480 e. The van der Waals surface area contributed by atoms with E-state index in [9.17, 15) is 14.7 Å². The van der Waals surface area contributed by atoms with E-state index >= 15 is 0 Å². The number of hydrogen-bond acceptors (Lipinski definition) is 4. The predicted octanol–water partition coefficient (Wildman–Crippen LogP) is 2.87. The van der Waals surface area contributed by atoms with Gasteiger partial charge in [-0.25, -0.2) is 9.59 Å². The van der Waals surface area contributed by atoms with Crippen LogP contribution >= 0.6 is 0 Å². The molecule has 0 saturated heterocycles. The van der Waals surface area contributed by atoms with Crippen LogP contribution < -0.4 is 5.73 Å². The van der Waals surface area contributed by atoms with E-state index in [-0.39, 0.29) is 0 Å². The third-order valence-electron chi connectivity index (χ3n) is 3.64. The van der Waals surface area contributed by atoms with E-state index in [2.05, 4.69) is 0 Å². The molecule has 0 aromatic heterocycles. The van der Waals surface area contributed by atoms with E-state index in [1.807, 2.05) is 0 Å². The lowest BCUT2D eigenvalue weighted by Gasteiger charge is -2.38. The van der Waals surface area contributed by atoms with Gasteiger partial charge in [-0.3, -0.25) is 4.90 Å². The van der Waals surface area contributed by atoms with Crippen molar-refractivity contribution in [1.29, 1.82) is 0 Å². The van der Waals surface area contributed by atoms with Crippen molar-refractivity contribution >= 4 is 17.7 Å². The van der Waals surface area contributed by atoms with Crippen LogP contribution in [-0.4, -0.2) is 40.8 Å². The fourth-order valence-electron chi connectivity index (χ4n) is 2.47. The van der Waals surface area contributed by atoms with Crippen LogP contribution in [0, 0.1) is 0 Å². The van der Waals surface area contributed by atoms with Crippen LogP contribution in [0.15, 0.2) is 24.3 Å². The molecule has 0 heterocycles. The summed E-state index contributed by atoms with van der Waals surface area (Å²) in [7, 11) is 1.44. The van der Waals surface area contributed by atoms with Crippen LogP contribution in [0.3, 0.4) is 0 Å². The summed E-state index contributed by atoms with van der Waals surface area (Å²) < 4.78 is 5.28. The molecule has 0 aliphatic heterocycles. The Bertz CT molecular complexity index is 573. The maximum Gasteiger partial charge on any atom is 0.410 e. The van der Waals surface area contributed by atoms with Crippen LogP contribution in [0.4, 0.5) is 10.5 Å². The summed E-state index contributed by atoms with van der Waals surface area (Å²) in [5.41, 5.74) is 5.53. The molecule has 0 fully saturated rings. The van der Waals surface area contributed by atoms with Crippen LogP contribution in [0.25, 0.3) is 0 Å². The zero-order valence-electron chi connectivity index (χ0n) is 14.6. The molecule has 23 heavy (non-hydrogen) atoms. The number of aliphatic carboxylic acids is 1. The van der Waals surface area contributed by atoms with E-state index < -0.39 is 29.1 Å². The fraction of sp³-hybridized carbons (Fsp3) is 0.529. The second-order valence-corrected chi connectivity index (χ2v) is 7.18. The van der Waals surface area contributed by atoms with Crippen molar-refractivity contribution in [2.24, 2.45) is 0 Å². The van der Waals surface area contributed by atoms with Crippen molar-refractivity contribution in [2.45, 2.75) is 51.7 Å². The number of nitrogens with zero attached hydrogens (tertiary/aromatic N) is 1. The van der Waals surface area contributed by atoms with Gasteiger partial charge < -0.3 is 15.6 Å². The minimum absolute atomic E-state index is 0.594. The number of hydrogen-bond donors (Lipinski definition) is 2. The van der Waals surface area contributed by atoms with Gasteiger partial charge in [0.05, 0.1) is 0 Å². The van der Waals surface area contributed by atoms with Gasteiger partial charge >= 0.3 is 12.1 Å². The van der Waals surface area contributed by atoms with Crippen molar-refractivity contribution in [3.05, 3.63) is 29.8 Å². The molecule has 1 aromatic rings. The molecular formula is C17H26N2O4. The van der Waals surface area contributed by atoms with E-state index in [0.717, 1.165) is 10.5 Å². The highest BCUT2D eigenvalue weighted by atomic mass is 16.6. The number of ether oxygens (including phenoxy) is 1. The SMILES string of the molecule is CN(C(=O)OC(C)(C)C)[C@H](C(=O)O)C(C)(C)c1ccc(N)cc1. The number of carboxylic acid groups (broad SMARTS) is 1. The van der Waals surface area contributed by atoms with E-state index in [4.69, 9.17) is 10.5 Å². The van der Waals surface area contributed by atoms with Crippen molar-refractivity contribution in [3.63, 3.8) is 0 Å². The second kappa shape index (κ2) is 6.48. The van der Waals surface area contributed by atoms with Gasteiger partial charge in [-0.1, -0.05) is 26.0 Å². The number of nitrogen functional groups attached to an aromatic ring is 1. The maximum absolute atomic E-state index is 12.3. The Morgan fingerprint density at radius 1 is 1.13 bits per heavy atom. The predicted molar refractivity (Wildman–Crippen MR) is 89.3 cm³/mol. The monoisotopic (exact) mass is 322 g/mol. The summed E-state index contributed by atoms with van der Waals surface area (Å²) in [6.45, 7) is 8.76. The molecular weight excluding hydrogens is 296 g/mol. The lowest BCUT2D eigenvalue weighted by atomic mass is 9.77. The summed E-state index contributed by atoms with van der Waals surface area (Å²) in [5.74, 6) is -1.10. The summed E-state index contributed by atoms with van der Waals surface area (Å²) >= 11 is 0. The quantitative estimate of drug-likeness (QED) is 0.831. The minimum Gasteiger partial charge on any atom is -0.480 e. The number of nitrogens with two attached hydrogens (primary N) is 1. The molecule has 0 radical (unpaired) electrons. The Morgan fingerprint density at radius 2 is 1.61 bits per heavy atom. The highest BCUT2D eigenvalue weighted by Gasteiger charge is 2.42. The Labute approximate surface area is 137 Å². The van der Waals surface area contributed by atoms with E-state index in [1.54, 1.807) is 58.9 Å². The molecule has 0 bridgehead atoms. The zero-order chi connectivity index (χ0) is 18.0. The highest BCUT2D eigenvalue weighted by Crippen LogP contribution is 2.31. The Kier molecular flexibility index (Phi) is 5.30. The fourth-order valence-corrected chi connectivity index (χ4v) is 2.47. The van der Waals surface area contributed by atoms with Gasteiger partial charge in [-0.05, 0) is 38.5 Å². The van der Waals surface area contributed by atoms with Crippen LogP contribution in [0.2, 0.25) is 0 Å². The second-order valence-electron chi connectivity index (χ2n) is 7.18. The first-order chi connectivity index (χ1) is 10.4. The summed E-state index contributed by atoms with van der Waals surface area (Å²) in [5, 5.41) is 9.67. The van der Waals surface area contributed by atoms with E-state index in [1.165, 1.54) is 7.05 Å². The maximum atomic E-state index is 12.3. The molecule has 1 amide bonds. The van der Waals surface area contributed by atoms with Gasteiger partial charge in [0.15, 0.2) is 0 Å². The van der Waals surface area contributed by atoms with Crippen molar-refractivity contribution in [3.8, 4) is 0 Å². The third kappa shape index (κ3) is 4.61. The summed E-state index contributed by atoms with van der Waals surface area (Å²) in [4.78, 5) is 25.2. The number of rotatable bonds is 4. The number of amides is 1. The topological polar surface area (TPSA) is 92.9 Å². The van der Waals surface area contributed by atoms with Gasteiger partial charge in [-0.15, -0.1) is 0 Å². The zero-order valence-corrected chi connectivity index (χ0v) is 14.6. The average molecular weight is 322 g/mol. The normalized spacial score (nSPS) is 13.3. The number of anilines is 1. The lowest BCUT2D eigenvalue weighted by Crippen LogP contribution is -2.54. The Morgan fingerprint density at radius 3 is 2.00 bits per heavy atom. The highest BCUT2D eigenvalue weighted by molar-refractivity contribution is 5.82. The molecule has 0 unspecified atom stereocenters. The minimum atomic E-state index is -1.10. The first kappa shape index (κ1) is 18.8. The number of likely N-dealkylation sites (N-methyl/N-ethyl adjacent to an activating group) is 1. The first-order valence-corrected chi connectivity index (χ1v) is 7.41. The van der Waals surface area contributed by atoms with Crippen molar-refractivity contribution in [2.75, 3.05) is 12.8 Å². The van der Waals surface area contributed by atoms with Gasteiger partial charge in [0.25, 0.3) is 0 Å². The number of carbonyl (C=O) groups excluding carboxylic acids is 1. The Hall–Kier alpha value is -2.24. The molecule has 6 heteroatoms. The number of benzene rings is 1. The average Bonchev–Trinajstić information content (AvgIpc) is 2.36. The van der Waals surface area contributed by atoms with Crippen LogP contribution in [-0.2, 0) is 14.9 Å². The van der Waals surface area contributed by atoms with Crippen LogP contribution in [0.5, 0.6) is 0 Å². The summed E-state index contributed by atoms with van der Waals surface area (Å²) in [6.07, 6.45) is -0.673. The molecule has 6 nitrogen and oxygen atoms in total. The summed E-state index contributed by atoms with van der Waals surface area (Å²) in [6, 6.07) is 5.89. The molecule has 0 spiro atoms. The first-order valence-electron chi connectivity index (χ1n) is 7.41. The smallest absolute Gasteiger partial charge is 0.410 e. The van der Waals surface area contributed by atoms with Gasteiger partial charge in [0.2, 0.25) is 0 Å². The van der Waals surface area contributed by atoms with E-state index in [0.29, 0.717) is 5.69 Å². The molecule has 1 aromatic carbocycles. The molecule has 0 aliphatic carbocycles. The lowest BCUT2D eigenvalue weighted by molar-refractivity contribution is -0.145. The molecule has 128 valence electrons. The molecule has 1 rings (SSSR count). The molecule has 0 aliphatic rings. The van der Waals surface area contributed by atoms with Gasteiger partial charge in [-0.2, -0.15) is 0 Å². The van der Waals surface area contributed by atoms with Crippen LogP contribution in [0.1, 0.15) is 40.2 Å². The third-order valence-corrected chi connectivity index (χ3v) is 3.64. The molecule has 1 atom stereocenters. The molecule has 0 saturated carbocycles. The van der Waals surface area contributed by atoms with Crippen molar-refractivity contribution < 1.29 is 19.4 Å². The van der Waals surface area contributed by atoms with Crippen molar-refractivity contribution in [1.82, 2.24) is 4.90 Å². The number of carboxylic acids is 1. The molecule has 3 N–H and O–H groups in total. The Balaban J connectivity index is 3.16.